The number of carbonyl (C=O) groups excluding carboxylic acids is 1. The molecule has 9 heteroatoms. The van der Waals surface area contributed by atoms with Gasteiger partial charge in [-0.1, -0.05) is 0 Å². The van der Waals surface area contributed by atoms with Crippen LogP contribution in [0.1, 0.15) is 40.4 Å². The van der Waals surface area contributed by atoms with E-state index in [2.05, 4.69) is 5.10 Å². The molecule has 0 N–H and O–H groups in total. The molecule has 3 heterocycles. The largest absolute Gasteiger partial charge is 0.404 e. The van der Waals surface area contributed by atoms with Crippen molar-refractivity contribution in [2.45, 2.75) is 44.4 Å². The highest BCUT2D eigenvalue weighted by Crippen LogP contribution is 2.46. The van der Waals surface area contributed by atoms with Gasteiger partial charge in [-0.2, -0.15) is 5.10 Å². The van der Waals surface area contributed by atoms with Gasteiger partial charge in [0.15, 0.2) is 15.6 Å². The topological polar surface area (TPSA) is 96.7 Å². The third kappa shape index (κ3) is 2.85. The number of benzene rings is 1. The second-order valence-electron chi connectivity index (χ2n) is 6.96. The molecule has 0 unspecified atom stereocenters. The summed E-state index contributed by atoms with van der Waals surface area (Å²) < 4.78 is 44.3. The maximum absolute atomic E-state index is 12.9. The summed E-state index contributed by atoms with van der Waals surface area (Å²) in [6, 6.07) is 3.17. The monoisotopic (exact) mass is 406 g/mol. The standard InChI is InChI=1S/C19H22N2O6S/c1-4-21-15(5-7-20-21)27-18(22)14-11-12(2)17-16(13(14)3)19(25-8-9-26-19)6-10-28(17,23)24/h5,7,11H,4,6,8-10H2,1-3H3. The fourth-order valence-corrected chi connectivity index (χ4v) is 5.91. The lowest BCUT2D eigenvalue weighted by molar-refractivity contribution is -0.170. The summed E-state index contributed by atoms with van der Waals surface area (Å²) in [5.74, 6) is -1.43. The van der Waals surface area contributed by atoms with E-state index in [1.807, 2.05) is 6.92 Å². The van der Waals surface area contributed by atoms with E-state index < -0.39 is 21.6 Å². The fraction of sp³-hybridized carbons (Fsp3) is 0.474. The van der Waals surface area contributed by atoms with Crippen molar-refractivity contribution in [1.82, 2.24) is 9.78 Å². The second-order valence-corrected chi connectivity index (χ2v) is 9.01. The summed E-state index contributed by atoms with van der Waals surface area (Å²) in [6.45, 7) is 6.59. The Morgan fingerprint density at radius 2 is 2.04 bits per heavy atom. The van der Waals surface area contributed by atoms with Crippen LogP contribution in [0, 0.1) is 13.8 Å². The number of aromatic nitrogens is 2. The van der Waals surface area contributed by atoms with Gasteiger partial charge in [0, 0.05) is 24.6 Å². The number of fused-ring (bicyclic) bond motifs is 2. The highest BCUT2D eigenvalue weighted by atomic mass is 32.2. The summed E-state index contributed by atoms with van der Waals surface area (Å²) in [5, 5.41) is 4.09. The first-order valence-corrected chi connectivity index (χ1v) is 10.8. The van der Waals surface area contributed by atoms with Gasteiger partial charge in [-0.15, -0.1) is 0 Å². The SMILES string of the molecule is CCn1nccc1OC(=O)c1cc(C)c2c(c1C)C1(CCS2(=O)=O)OCCO1. The molecule has 2 aromatic rings. The molecule has 1 spiro atoms. The van der Waals surface area contributed by atoms with Crippen LogP contribution in [0.25, 0.3) is 0 Å². The highest BCUT2D eigenvalue weighted by Gasteiger charge is 2.49. The molecule has 1 fully saturated rings. The number of hydrogen-bond acceptors (Lipinski definition) is 7. The van der Waals surface area contributed by atoms with E-state index in [0.717, 1.165) is 0 Å². The Morgan fingerprint density at radius 1 is 1.32 bits per heavy atom. The predicted octanol–water partition coefficient (Wildman–Crippen LogP) is 2.12. The zero-order chi connectivity index (χ0) is 20.1. The van der Waals surface area contributed by atoms with E-state index in [0.29, 0.717) is 42.3 Å². The smallest absolute Gasteiger partial charge is 0.345 e. The fourth-order valence-electron chi connectivity index (χ4n) is 4.00. The Labute approximate surface area is 163 Å². The Morgan fingerprint density at radius 3 is 2.71 bits per heavy atom. The van der Waals surface area contributed by atoms with Crippen LogP contribution in [0.3, 0.4) is 0 Å². The van der Waals surface area contributed by atoms with Crippen LogP contribution in [0.5, 0.6) is 5.88 Å². The molecule has 0 amide bonds. The van der Waals surface area contributed by atoms with E-state index >= 15 is 0 Å². The second kappa shape index (κ2) is 6.68. The van der Waals surface area contributed by atoms with Crippen molar-refractivity contribution in [2.24, 2.45) is 0 Å². The third-order valence-electron chi connectivity index (χ3n) is 5.26. The van der Waals surface area contributed by atoms with E-state index in [-0.39, 0.29) is 22.6 Å². The Balaban J connectivity index is 1.85. The molecule has 0 radical (unpaired) electrons. The van der Waals surface area contributed by atoms with E-state index in [1.165, 1.54) is 0 Å². The van der Waals surface area contributed by atoms with Crippen LogP contribution in [0.2, 0.25) is 0 Å². The number of esters is 1. The van der Waals surface area contributed by atoms with Crippen molar-refractivity contribution in [1.29, 1.82) is 0 Å². The van der Waals surface area contributed by atoms with Gasteiger partial charge >= 0.3 is 5.97 Å². The molecule has 2 aliphatic rings. The number of hydrogen-bond donors (Lipinski definition) is 0. The van der Waals surface area contributed by atoms with Crippen LogP contribution in [-0.2, 0) is 31.6 Å². The Bertz CT molecular complexity index is 1050. The van der Waals surface area contributed by atoms with Crippen LogP contribution in [0.15, 0.2) is 23.2 Å². The quantitative estimate of drug-likeness (QED) is 0.720. The molecule has 150 valence electrons. The number of sulfone groups is 1. The zero-order valence-electron chi connectivity index (χ0n) is 16.0. The molecule has 4 rings (SSSR count). The van der Waals surface area contributed by atoms with E-state index in [1.54, 1.807) is 36.9 Å². The summed E-state index contributed by atoms with van der Waals surface area (Å²) in [7, 11) is -3.49. The van der Waals surface area contributed by atoms with Crippen LogP contribution in [-0.4, -0.2) is 43.1 Å². The number of ether oxygens (including phenoxy) is 3. The van der Waals surface area contributed by atoms with Gasteiger partial charge in [0.25, 0.3) is 0 Å². The third-order valence-corrected chi connectivity index (χ3v) is 7.15. The van der Waals surface area contributed by atoms with Gasteiger partial charge in [-0.05, 0) is 38.0 Å². The van der Waals surface area contributed by atoms with Gasteiger partial charge in [0.05, 0.1) is 35.6 Å². The minimum atomic E-state index is -3.49. The van der Waals surface area contributed by atoms with E-state index in [9.17, 15) is 13.2 Å². The summed E-state index contributed by atoms with van der Waals surface area (Å²) >= 11 is 0. The van der Waals surface area contributed by atoms with Crippen LogP contribution >= 0.6 is 0 Å². The van der Waals surface area contributed by atoms with Crippen molar-refractivity contribution in [3.8, 4) is 5.88 Å². The Hall–Kier alpha value is -2.23. The first-order chi connectivity index (χ1) is 13.3. The molecule has 0 bridgehead atoms. The molecule has 2 aliphatic heterocycles. The highest BCUT2D eigenvalue weighted by molar-refractivity contribution is 7.91. The lowest BCUT2D eigenvalue weighted by Gasteiger charge is -2.36. The number of rotatable bonds is 3. The van der Waals surface area contributed by atoms with Crippen molar-refractivity contribution < 1.29 is 27.4 Å². The zero-order valence-corrected chi connectivity index (χ0v) is 16.8. The average molecular weight is 406 g/mol. The van der Waals surface area contributed by atoms with Gasteiger partial charge in [-0.3, -0.25) is 0 Å². The molecule has 28 heavy (non-hydrogen) atoms. The first-order valence-electron chi connectivity index (χ1n) is 9.18. The molecule has 0 saturated carbocycles. The molecule has 1 aromatic heterocycles. The van der Waals surface area contributed by atoms with Crippen molar-refractivity contribution in [3.63, 3.8) is 0 Å². The molecule has 0 aliphatic carbocycles. The lowest BCUT2D eigenvalue weighted by Crippen LogP contribution is -2.38. The number of aryl methyl sites for hydroxylation is 2. The molecule has 8 nitrogen and oxygen atoms in total. The predicted molar refractivity (Wildman–Crippen MR) is 99.0 cm³/mol. The van der Waals surface area contributed by atoms with Crippen molar-refractivity contribution >= 4 is 15.8 Å². The number of nitrogens with zero attached hydrogens (tertiary/aromatic N) is 2. The summed E-state index contributed by atoms with van der Waals surface area (Å²) in [5.41, 5.74) is 1.69. The molecule has 1 saturated heterocycles. The molecular formula is C19H22N2O6S. The minimum Gasteiger partial charge on any atom is -0.404 e. The Kier molecular flexibility index (Phi) is 4.56. The average Bonchev–Trinajstić information content (AvgIpc) is 3.30. The van der Waals surface area contributed by atoms with Crippen LogP contribution < -0.4 is 4.74 Å². The van der Waals surface area contributed by atoms with Crippen LogP contribution in [0.4, 0.5) is 0 Å². The summed E-state index contributed by atoms with van der Waals surface area (Å²) in [4.78, 5) is 13.1. The lowest BCUT2D eigenvalue weighted by atomic mass is 9.91. The van der Waals surface area contributed by atoms with Crippen molar-refractivity contribution in [2.75, 3.05) is 19.0 Å². The maximum Gasteiger partial charge on any atom is 0.345 e. The first kappa shape index (κ1) is 19.1. The minimum absolute atomic E-state index is 0.0558. The van der Waals surface area contributed by atoms with Crippen molar-refractivity contribution in [3.05, 3.63) is 40.6 Å². The van der Waals surface area contributed by atoms with E-state index in [4.69, 9.17) is 14.2 Å². The van der Waals surface area contributed by atoms with Gasteiger partial charge < -0.3 is 14.2 Å². The molecule has 1 aromatic carbocycles. The summed E-state index contributed by atoms with van der Waals surface area (Å²) in [6.07, 6.45) is 1.75. The molecule has 0 atom stereocenters. The van der Waals surface area contributed by atoms with Gasteiger partial charge in [0.1, 0.15) is 0 Å². The normalized spacial score (nSPS) is 19.5. The maximum atomic E-state index is 12.9. The van der Waals surface area contributed by atoms with Gasteiger partial charge in [-0.25, -0.2) is 17.9 Å². The number of carbonyl (C=O) groups is 1. The van der Waals surface area contributed by atoms with Gasteiger partial charge in [0.2, 0.25) is 5.88 Å². The molecular weight excluding hydrogens is 384 g/mol.